The molecule has 1 aromatic rings. The van der Waals surface area contributed by atoms with Crippen molar-refractivity contribution in [3.63, 3.8) is 0 Å². The highest BCUT2D eigenvalue weighted by Gasteiger charge is 2.38. The Kier molecular flexibility index (Phi) is 4.55. The number of nitro benzene ring substituents is 1. The molecular weight excluding hydrogens is 319 g/mol. The van der Waals surface area contributed by atoms with Gasteiger partial charge in [0, 0.05) is 6.07 Å². The molecular formula is C10H9BrF3NO3. The van der Waals surface area contributed by atoms with E-state index in [9.17, 15) is 23.3 Å². The third kappa shape index (κ3) is 3.59. The van der Waals surface area contributed by atoms with Crippen LogP contribution in [0.5, 0.6) is 5.75 Å². The van der Waals surface area contributed by atoms with Gasteiger partial charge in [-0.3, -0.25) is 10.1 Å². The van der Waals surface area contributed by atoms with Gasteiger partial charge in [0.25, 0.3) is 5.69 Å². The van der Waals surface area contributed by atoms with Crippen LogP contribution in [0.2, 0.25) is 0 Å². The number of hydrogen-bond acceptors (Lipinski definition) is 3. The van der Waals surface area contributed by atoms with Crippen LogP contribution in [0.25, 0.3) is 0 Å². The van der Waals surface area contributed by atoms with Crippen molar-refractivity contribution in [1.82, 2.24) is 0 Å². The van der Waals surface area contributed by atoms with Gasteiger partial charge in [-0.15, -0.1) is 0 Å². The Morgan fingerprint density at radius 1 is 1.50 bits per heavy atom. The molecule has 0 saturated heterocycles. The molecule has 0 aliphatic rings. The van der Waals surface area contributed by atoms with Crippen LogP contribution in [0, 0.1) is 17.0 Å². The summed E-state index contributed by atoms with van der Waals surface area (Å²) in [5, 5.41) is 10.6. The quantitative estimate of drug-likeness (QED) is 0.482. The smallest absolute Gasteiger partial charge is 0.404 e. The molecule has 0 bridgehead atoms. The van der Waals surface area contributed by atoms with Gasteiger partial charge in [0.15, 0.2) is 0 Å². The van der Waals surface area contributed by atoms with Crippen LogP contribution in [0.15, 0.2) is 18.2 Å². The molecule has 8 heteroatoms. The van der Waals surface area contributed by atoms with Crippen LogP contribution in [0.4, 0.5) is 18.9 Å². The molecule has 0 radical (unpaired) electrons. The maximum Gasteiger partial charge on any atom is 0.404 e. The zero-order valence-electron chi connectivity index (χ0n) is 9.20. The molecule has 0 fully saturated rings. The second-order valence-electron chi connectivity index (χ2n) is 3.48. The molecule has 0 aromatic heterocycles. The first-order valence-electron chi connectivity index (χ1n) is 4.81. The number of hydrogen-bond donors (Lipinski definition) is 0. The third-order valence-corrected chi connectivity index (χ3v) is 2.98. The summed E-state index contributed by atoms with van der Waals surface area (Å²) < 4.78 is 41.6. The van der Waals surface area contributed by atoms with Gasteiger partial charge in [-0.05, 0) is 13.0 Å². The minimum absolute atomic E-state index is 0.0675. The Morgan fingerprint density at radius 2 is 2.11 bits per heavy atom. The van der Waals surface area contributed by atoms with Crippen LogP contribution in [0.1, 0.15) is 5.56 Å². The van der Waals surface area contributed by atoms with Crippen molar-refractivity contribution in [2.75, 3.05) is 6.61 Å². The minimum Gasteiger partial charge on any atom is -0.492 e. The lowest BCUT2D eigenvalue weighted by Crippen LogP contribution is -2.29. The number of rotatable bonds is 4. The van der Waals surface area contributed by atoms with E-state index in [1.54, 1.807) is 0 Å². The lowest BCUT2D eigenvalue weighted by molar-refractivity contribution is -0.385. The standard InChI is InChI=1S/C10H9BrF3NO3/c1-6-7(15(16)17)3-2-4-8(6)18-5-9(11)10(12,13)14/h2-4,9H,5H2,1H3. The van der Waals surface area contributed by atoms with Crippen molar-refractivity contribution in [2.24, 2.45) is 0 Å². The van der Waals surface area contributed by atoms with Gasteiger partial charge in [-0.2, -0.15) is 13.2 Å². The van der Waals surface area contributed by atoms with Gasteiger partial charge in [-0.1, -0.05) is 22.0 Å². The summed E-state index contributed by atoms with van der Waals surface area (Å²) in [6.45, 7) is 0.774. The molecule has 0 aliphatic carbocycles. The first kappa shape index (κ1) is 14.7. The molecule has 0 aliphatic heterocycles. The summed E-state index contributed by atoms with van der Waals surface area (Å²) in [7, 11) is 0. The van der Waals surface area contributed by atoms with Crippen molar-refractivity contribution in [3.05, 3.63) is 33.9 Å². The van der Waals surface area contributed by atoms with Crippen molar-refractivity contribution in [3.8, 4) is 5.75 Å². The Bertz CT molecular complexity index is 450. The van der Waals surface area contributed by atoms with Gasteiger partial charge >= 0.3 is 6.18 Å². The Balaban J connectivity index is 2.81. The summed E-state index contributed by atoms with van der Waals surface area (Å²) in [4.78, 5) is 8.20. The van der Waals surface area contributed by atoms with E-state index in [-0.39, 0.29) is 17.0 Å². The first-order chi connectivity index (χ1) is 8.23. The largest absolute Gasteiger partial charge is 0.492 e. The van der Waals surface area contributed by atoms with E-state index in [0.717, 1.165) is 0 Å². The SMILES string of the molecule is Cc1c(OCC(Br)C(F)(F)F)cccc1[N+](=O)[O-]. The van der Waals surface area contributed by atoms with Crippen LogP contribution in [-0.4, -0.2) is 22.5 Å². The summed E-state index contributed by atoms with van der Waals surface area (Å²) in [6.07, 6.45) is -4.42. The van der Waals surface area contributed by atoms with Gasteiger partial charge < -0.3 is 4.74 Å². The fourth-order valence-corrected chi connectivity index (χ4v) is 1.35. The van der Waals surface area contributed by atoms with E-state index in [1.165, 1.54) is 25.1 Å². The highest BCUT2D eigenvalue weighted by molar-refractivity contribution is 9.09. The fourth-order valence-electron chi connectivity index (χ4n) is 1.21. The number of nitrogens with zero attached hydrogens (tertiary/aromatic N) is 1. The molecule has 0 heterocycles. The molecule has 0 spiro atoms. The summed E-state index contributed by atoms with van der Waals surface area (Å²) in [5.74, 6) is 0.0675. The Hall–Kier alpha value is -1.31. The first-order valence-corrected chi connectivity index (χ1v) is 5.72. The van der Waals surface area contributed by atoms with Crippen molar-refractivity contribution < 1.29 is 22.8 Å². The van der Waals surface area contributed by atoms with Gasteiger partial charge in [0.2, 0.25) is 0 Å². The predicted molar refractivity (Wildman–Crippen MR) is 62.1 cm³/mol. The lowest BCUT2D eigenvalue weighted by atomic mass is 10.2. The lowest BCUT2D eigenvalue weighted by Gasteiger charge is -2.15. The summed E-state index contributed by atoms with van der Waals surface area (Å²) in [6, 6.07) is 4.01. The topological polar surface area (TPSA) is 52.4 Å². The van der Waals surface area contributed by atoms with Gasteiger partial charge in [0.1, 0.15) is 17.2 Å². The molecule has 0 amide bonds. The summed E-state index contributed by atoms with van der Waals surface area (Å²) >= 11 is 2.44. The van der Waals surface area contributed by atoms with Crippen LogP contribution >= 0.6 is 15.9 Å². The predicted octanol–water partition coefficient (Wildman–Crippen LogP) is 3.61. The van der Waals surface area contributed by atoms with Crippen LogP contribution < -0.4 is 4.74 Å². The fraction of sp³-hybridized carbons (Fsp3) is 0.400. The molecule has 1 atom stereocenters. The molecule has 0 N–H and O–H groups in total. The average Bonchev–Trinajstić information content (AvgIpc) is 2.25. The second-order valence-corrected chi connectivity index (χ2v) is 4.58. The van der Waals surface area contributed by atoms with E-state index in [1.807, 2.05) is 0 Å². The van der Waals surface area contributed by atoms with Crippen LogP contribution in [-0.2, 0) is 0 Å². The molecule has 0 saturated carbocycles. The van der Waals surface area contributed by atoms with E-state index in [2.05, 4.69) is 15.9 Å². The van der Waals surface area contributed by atoms with E-state index < -0.39 is 22.5 Å². The summed E-state index contributed by atoms with van der Waals surface area (Å²) in [5.41, 5.74) is 0.00926. The number of benzene rings is 1. The Morgan fingerprint density at radius 3 is 2.61 bits per heavy atom. The van der Waals surface area contributed by atoms with Crippen molar-refractivity contribution >= 4 is 21.6 Å². The maximum absolute atomic E-state index is 12.2. The number of alkyl halides is 4. The number of halogens is 4. The van der Waals surface area contributed by atoms with E-state index in [0.29, 0.717) is 0 Å². The minimum atomic E-state index is -4.42. The second kappa shape index (κ2) is 5.55. The van der Waals surface area contributed by atoms with Gasteiger partial charge in [0.05, 0.1) is 10.5 Å². The molecule has 1 rings (SSSR count). The number of ether oxygens (including phenoxy) is 1. The molecule has 18 heavy (non-hydrogen) atoms. The Labute approximate surface area is 109 Å². The van der Waals surface area contributed by atoms with E-state index in [4.69, 9.17) is 4.74 Å². The van der Waals surface area contributed by atoms with Gasteiger partial charge in [-0.25, -0.2) is 0 Å². The zero-order chi connectivity index (χ0) is 13.9. The highest BCUT2D eigenvalue weighted by Crippen LogP contribution is 2.30. The highest BCUT2D eigenvalue weighted by atomic mass is 79.9. The number of nitro groups is 1. The third-order valence-electron chi connectivity index (χ3n) is 2.19. The molecule has 1 unspecified atom stereocenters. The van der Waals surface area contributed by atoms with E-state index >= 15 is 0 Å². The normalized spacial score (nSPS) is 13.2. The molecule has 100 valence electrons. The van der Waals surface area contributed by atoms with Crippen LogP contribution in [0.3, 0.4) is 0 Å². The van der Waals surface area contributed by atoms with Crippen molar-refractivity contribution in [2.45, 2.75) is 17.9 Å². The van der Waals surface area contributed by atoms with Crippen molar-refractivity contribution in [1.29, 1.82) is 0 Å². The zero-order valence-corrected chi connectivity index (χ0v) is 10.8. The monoisotopic (exact) mass is 327 g/mol. The molecule has 1 aromatic carbocycles. The average molecular weight is 328 g/mol. The maximum atomic E-state index is 12.2. The molecule has 4 nitrogen and oxygen atoms in total.